The van der Waals surface area contributed by atoms with Gasteiger partial charge in [0.2, 0.25) is 0 Å². The van der Waals surface area contributed by atoms with Crippen molar-refractivity contribution in [2.75, 3.05) is 13.7 Å². The van der Waals surface area contributed by atoms with Crippen molar-refractivity contribution >= 4 is 11.9 Å². The van der Waals surface area contributed by atoms with Crippen LogP contribution in [0.3, 0.4) is 0 Å². The highest BCUT2D eigenvalue weighted by Gasteiger charge is 2.65. The number of fused-ring (bicyclic) bond motifs is 1. The number of cyclic esters (lactones) is 1. The second kappa shape index (κ2) is 5.71. The Hall–Kier alpha value is -2.08. The average Bonchev–Trinajstić information content (AvgIpc) is 3.39. The molecule has 1 spiro atoms. The Morgan fingerprint density at radius 3 is 2.93 bits per heavy atom. The number of hydrogen-bond donors (Lipinski definition) is 0. The molecule has 6 heteroatoms. The van der Waals surface area contributed by atoms with Crippen molar-refractivity contribution < 1.29 is 28.2 Å². The number of carbonyl (C=O) groups excluding carboxylic acids is 2. The first-order valence-electron chi connectivity index (χ1n) is 9.70. The zero-order valence-corrected chi connectivity index (χ0v) is 15.7. The second-order valence-electron chi connectivity index (χ2n) is 8.38. The van der Waals surface area contributed by atoms with Gasteiger partial charge in [-0.3, -0.25) is 9.59 Å². The standard InChI is InChI=1S/C21H24O6/c1-12-8-15-17-14(4-3-6-20(17,11-26-15)18(22)24-2)21(12)9-16(27-19(21)23)13-5-7-25-10-13/h5,7,10,12,15-16H,3-4,6,8-9,11H2,1-2H3/t12-,15+,16+,20-,21-/m0/s1. The molecule has 0 amide bonds. The maximum absolute atomic E-state index is 13.3. The summed E-state index contributed by atoms with van der Waals surface area (Å²) in [5, 5.41) is 0. The van der Waals surface area contributed by atoms with Crippen molar-refractivity contribution in [1.29, 1.82) is 0 Å². The lowest BCUT2D eigenvalue weighted by atomic mass is 9.54. The van der Waals surface area contributed by atoms with Crippen LogP contribution in [0.5, 0.6) is 0 Å². The minimum atomic E-state index is -0.728. The quantitative estimate of drug-likeness (QED) is 0.586. The van der Waals surface area contributed by atoms with Gasteiger partial charge in [-0.15, -0.1) is 0 Å². The van der Waals surface area contributed by atoms with Crippen molar-refractivity contribution in [3.8, 4) is 0 Å². The molecule has 0 radical (unpaired) electrons. The normalized spacial score (nSPS) is 40.2. The zero-order chi connectivity index (χ0) is 18.8. The summed E-state index contributed by atoms with van der Waals surface area (Å²) in [7, 11) is 1.43. The van der Waals surface area contributed by atoms with Crippen LogP contribution in [0.1, 0.15) is 50.7 Å². The molecule has 0 saturated carbocycles. The molecule has 2 aliphatic carbocycles. The molecule has 6 nitrogen and oxygen atoms in total. The Balaban J connectivity index is 1.65. The summed E-state index contributed by atoms with van der Waals surface area (Å²) in [4.78, 5) is 26.0. The van der Waals surface area contributed by atoms with Crippen LogP contribution in [-0.2, 0) is 23.8 Å². The SMILES string of the molecule is COC(=O)[C@]12CCCC3=C1[C@@H](C[C@H](C)[C@@]31C[C@H](c3ccoc3)OC1=O)OC2. The van der Waals surface area contributed by atoms with Gasteiger partial charge in [0, 0.05) is 12.0 Å². The van der Waals surface area contributed by atoms with Crippen LogP contribution < -0.4 is 0 Å². The third-order valence-electron chi connectivity index (χ3n) is 7.28. The zero-order valence-electron chi connectivity index (χ0n) is 15.7. The van der Waals surface area contributed by atoms with Gasteiger partial charge < -0.3 is 18.6 Å². The predicted molar refractivity (Wildman–Crippen MR) is 93.4 cm³/mol. The maximum Gasteiger partial charge on any atom is 0.318 e. The largest absolute Gasteiger partial charge is 0.472 e. The molecule has 144 valence electrons. The lowest BCUT2D eigenvalue weighted by Crippen LogP contribution is -2.48. The van der Waals surface area contributed by atoms with Crippen LogP contribution in [-0.4, -0.2) is 31.8 Å². The highest BCUT2D eigenvalue weighted by Crippen LogP contribution is 2.64. The number of rotatable bonds is 2. The first-order valence-corrected chi connectivity index (χ1v) is 9.70. The Bertz CT molecular complexity index is 824. The van der Waals surface area contributed by atoms with E-state index in [1.165, 1.54) is 7.11 Å². The average molecular weight is 372 g/mol. The van der Waals surface area contributed by atoms with E-state index in [2.05, 4.69) is 6.92 Å². The van der Waals surface area contributed by atoms with E-state index in [9.17, 15) is 9.59 Å². The fourth-order valence-electron chi connectivity index (χ4n) is 5.98. The van der Waals surface area contributed by atoms with Crippen LogP contribution >= 0.6 is 0 Å². The van der Waals surface area contributed by atoms with Gasteiger partial charge in [-0.25, -0.2) is 0 Å². The topological polar surface area (TPSA) is 75.0 Å². The third-order valence-corrected chi connectivity index (χ3v) is 7.28. The van der Waals surface area contributed by atoms with Gasteiger partial charge in [0.25, 0.3) is 0 Å². The molecule has 0 aromatic carbocycles. The summed E-state index contributed by atoms with van der Waals surface area (Å²) < 4.78 is 22.3. The minimum absolute atomic E-state index is 0.0946. The van der Waals surface area contributed by atoms with E-state index in [4.69, 9.17) is 18.6 Å². The number of esters is 2. The van der Waals surface area contributed by atoms with Crippen molar-refractivity contribution in [2.24, 2.45) is 16.7 Å². The lowest BCUT2D eigenvalue weighted by Gasteiger charge is -2.46. The molecular formula is C21H24O6. The fraction of sp³-hybridized carbons (Fsp3) is 0.619. The van der Waals surface area contributed by atoms with Gasteiger partial charge in [0.15, 0.2) is 0 Å². The van der Waals surface area contributed by atoms with Crippen molar-refractivity contribution in [3.05, 3.63) is 35.3 Å². The second-order valence-corrected chi connectivity index (χ2v) is 8.38. The Kier molecular flexibility index (Phi) is 3.60. The highest BCUT2D eigenvalue weighted by atomic mass is 16.6. The molecule has 5 atom stereocenters. The van der Waals surface area contributed by atoms with E-state index in [0.717, 1.165) is 42.4 Å². The molecule has 0 unspecified atom stereocenters. The van der Waals surface area contributed by atoms with Crippen LogP contribution in [0.15, 0.2) is 34.2 Å². The van der Waals surface area contributed by atoms with Gasteiger partial charge in [-0.05, 0) is 48.8 Å². The molecular weight excluding hydrogens is 348 g/mol. The van der Waals surface area contributed by atoms with E-state index in [1.807, 2.05) is 6.07 Å². The van der Waals surface area contributed by atoms with Crippen molar-refractivity contribution in [2.45, 2.75) is 51.2 Å². The number of hydrogen-bond acceptors (Lipinski definition) is 6. The first kappa shape index (κ1) is 17.0. The van der Waals surface area contributed by atoms with Crippen LogP contribution in [0.4, 0.5) is 0 Å². The van der Waals surface area contributed by atoms with E-state index >= 15 is 0 Å². The monoisotopic (exact) mass is 372 g/mol. The molecule has 0 bridgehead atoms. The molecule has 3 heterocycles. The summed E-state index contributed by atoms with van der Waals surface area (Å²) >= 11 is 0. The number of furan rings is 1. The van der Waals surface area contributed by atoms with E-state index in [0.29, 0.717) is 13.0 Å². The number of methoxy groups -OCH3 is 1. The van der Waals surface area contributed by atoms with Crippen LogP contribution in [0, 0.1) is 16.7 Å². The lowest BCUT2D eigenvalue weighted by molar-refractivity contribution is -0.153. The molecule has 2 fully saturated rings. The number of carbonyl (C=O) groups is 2. The Morgan fingerprint density at radius 1 is 1.33 bits per heavy atom. The van der Waals surface area contributed by atoms with E-state index in [1.54, 1.807) is 12.5 Å². The highest BCUT2D eigenvalue weighted by molar-refractivity contribution is 5.88. The summed E-state index contributed by atoms with van der Waals surface area (Å²) in [6, 6.07) is 1.85. The van der Waals surface area contributed by atoms with E-state index < -0.39 is 10.8 Å². The third kappa shape index (κ3) is 2.05. The maximum atomic E-state index is 13.3. The van der Waals surface area contributed by atoms with Crippen molar-refractivity contribution in [3.63, 3.8) is 0 Å². The van der Waals surface area contributed by atoms with Gasteiger partial charge >= 0.3 is 11.9 Å². The fourth-order valence-corrected chi connectivity index (χ4v) is 5.98. The molecule has 4 aliphatic rings. The van der Waals surface area contributed by atoms with Gasteiger partial charge in [-0.1, -0.05) is 6.92 Å². The molecule has 2 saturated heterocycles. The van der Waals surface area contributed by atoms with Gasteiger partial charge in [-0.2, -0.15) is 0 Å². The predicted octanol–water partition coefficient (Wildman–Crippen LogP) is 3.33. The molecule has 5 rings (SSSR count). The molecule has 2 aliphatic heterocycles. The molecule has 1 aromatic heterocycles. The molecule has 0 N–H and O–H groups in total. The summed E-state index contributed by atoms with van der Waals surface area (Å²) in [6.07, 6.45) is 6.54. The van der Waals surface area contributed by atoms with Crippen LogP contribution in [0.2, 0.25) is 0 Å². The Labute approximate surface area is 157 Å². The van der Waals surface area contributed by atoms with Gasteiger partial charge in [0.05, 0.1) is 37.8 Å². The molecule has 1 aromatic rings. The Morgan fingerprint density at radius 2 is 2.19 bits per heavy atom. The van der Waals surface area contributed by atoms with Crippen LogP contribution in [0.25, 0.3) is 0 Å². The first-order chi connectivity index (χ1) is 13.0. The number of ether oxygens (including phenoxy) is 3. The van der Waals surface area contributed by atoms with Crippen molar-refractivity contribution in [1.82, 2.24) is 0 Å². The van der Waals surface area contributed by atoms with Gasteiger partial charge in [0.1, 0.15) is 11.5 Å². The summed E-state index contributed by atoms with van der Waals surface area (Å²) in [6.45, 7) is 2.46. The summed E-state index contributed by atoms with van der Waals surface area (Å²) in [5.41, 5.74) is 1.58. The van der Waals surface area contributed by atoms with E-state index in [-0.39, 0.29) is 30.1 Å². The molecule has 27 heavy (non-hydrogen) atoms. The minimum Gasteiger partial charge on any atom is -0.472 e. The summed E-state index contributed by atoms with van der Waals surface area (Å²) in [5.74, 6) is -0.313. The smallest absolute Gasteiger partial charge is 0.318 e.